The minimum atomic E-state index is -1.91. The first kappa shape index (κ1) is 40.1. The Hall–Kier alpha value is -2.58. The van der Waals surface area contributed by atoms with E-state index in [0.717, 1.165) is 11.3 Å². The highest BCUT2D eigenvalue weighted by Gasteiger charge is 2.59. The van der Waals surface area contributed by atoms with E-state index in [0.29, 0.717) is 41.0 Å². The topological polar surface area (TPSA) is 9.23 Å². The van der Waals surface area contributed by atoms with Gasteiger partial charge in [-0.3, -0.25) is 0 Å². The van der Waals surface area contributed by atoms with Gasteiger partial charge in [0.1, 0.15) is 5.76 Å². The van der Waals surface area contributed by atoms with Crippen LogP contribution in [-0.4, -0.2) is 15.2 Å². The summed E-state index contributed by atoms with van der Waals surface area (Å²) in [5.74, 6) is 4.69. The van der Waals surface area contributed by atoms with Gasteiger partial charge in [0.15, 0.2) is 0 Å². The summed E-state index contributed by atoms with van der Waals surface area (Å²) >= 11 is 0. The number of methoxy groups -OCH3 is 1. The van der Waals surface area contributed by atoms with Crippen LogP contribution in [0, 0.1) is 46.3 Å². The third-order valence-electron chi connectivity index (χ3n) is 14.2. The average Bonchev–Trinajstić information content (AvgIpc) is 3.57. The van der Waals surface area contributed by atoms with Crippen molar-refractivity contribution in [1.29, 1.82) is 0 Å². The molecule has 1 nitrogen and oxygen atoms in total. The maximum Gasteiger partial charge on any atom is 0.126 e. The molecule has 0 aromatic heterocycles. The molecule has 2 aromatic rings. The van der Waals surface area contributed by atoms with Crippen molar-refractivity contribution in [3.63, 3.8) is 0 Å². The molecule has 0 heterocycles. The molecule has 0 bridgehead atoms. The molecule has 8 unspecified atom stereocenters. The van der Waals surface area contributed by atoms with Gasteiger partial charge in [0, 0.05) is 5.57 Å². The van der Waals surface area contributed by atoms with Gasteiger partial charge in [-0.1, -0.05) is 177 Å². The molecule has 2 aromatic carbocycles. The van der Waals surface area contributed by atoms with E-state index in [9.17, 15) is 0 Å². The summed E-state index contributed by atoms with van der Waals surface area (Å²) in [7, 11) is -0.00715. The van der Waals surface area contributed by atoms with E-state index >= 15 is 0 Å². The van der Waals surface area contributed by atoms with E-state index in [1.165, 1.54) is 46.2 Å². The van der Waals surface area contributed by atoms with E-state index in [-0.39, 0.29) is 21.7 Å². The van der Waals surface area contributed by atoms with Crippen molar-refractivity contribution in [2.75, 3.05) is 7.11 Å². The molecule has 6 rings (SSSR count). The highest BCUT2D eigenvalue weighted by atomic mass is 28.3. The Labute approximate surface area is 326 Å². The summed E-state index contributed by atoms with van der Waals surface area (Å²) in [4.78, 5) is 0. The first-order valence-corrected chi connectivity index (χ1v) is 24.2. The van der Waals surface area contributed by atoms with E-state index in [1.807, 2.05) is 7.11 Å². The van der Waals surface area contributed by atoms with Crippen LogP contribution in [0.1, 0.15) is 132 Å². The molecule has 0 amide bonds. The van der Waals surface area contributed by atoms with Crippen LogP contribution in [-0.2, 0) is 15.6 Å². The van der Waals surface area contributed by atoms with Crippen LogP contribution in [0.5, 0.6) is 0 Å². The molecule has 0 spiro atoms. The number of benzene rings is 2. The maximum absolute atomic E-state index is 6.41. The average molecular weight is 731 g/mol. The summed E-state index contributed by atoms with van der Waals surface area (Å²) in [5, 5.41) is 0. The number of hydrogen-bond donors (Lipinski definition) is 0. The number of allylic oxidation sites excluding steroid dienone is 7. The molecule has 4 aliphatic rings. The van der Waals surface area contributed by atoms with Crippen LogP contribution in [0.2, 0.25) is 24.2 Å². The van der Waals surface area contributed by atoms with Gasteiger partial charge >= 0.3 is 0 Å². The molecule has 2 heteroatoms. The molecule has 0 radical (unpaired) electrons. The minimum Gasteiger partial charge on any atom is -0.496 e. The molecule has 0 N–H and O–H groups in total. The lowest BCUT2D eigenvalue weighted by molar-refractivity contribution is 0.274. The highest BCUT2D eigenvalue weighted by Crippen LogP contribution is 2.66. The Morgan fingerprint density at radius 1 is 0.604 bits per heavy atom. The number of ether oxygens (including phenoxy) is 1. The van der Waals surface area contributed by atoms with Gasteiger partial charge in [-0.2, -0.15) is 0 Å². The first-order valence-electron chi connectivity index (χ1n) is 21.0. The second-order valence-electron chi connectivity index (χ2n) is 22.6. The maximum atomic E-state index is 6.41. The normalized spacial score (nSPS) is 29.7. The summed E-state index contributed by atoms with van der Waals surface area (Å²) in [6, 6.07) is 18.9. The highest BCUT2D eigenvalue weighted by molar-refractivity contribution is 6.80. The summed E-state index contributed by atoms with van der Waals surface area (Å²) in [6.07, 6.45) is 10.7. The predicted octanol–water partition coefficient (Wildman–Crippen LogP) is 14.7. The molecule has 53 heavy (non-hydrogen) atoms. The second-order valence-corrected chi connectivity index (χ2v) is 27.6. The molecule has 288 valence electrons. The zero-order valence-corrected chi connectivity index (χ0v) is 37.8. The van der Waals surface area contributed by atoms with E-state index in [4.69, 9.17) is 4.74 Å². The lowest BCUT2D eigenvalue weighted by Gasteiger charge is -2.47. The molecule has 2 fully saturated rings. The van der Waals surface area contributed by atoms with Gasteiger partial charge in [0.2, 0.25) is 0 Å². The van der Waals surface area contributed by atoms with Crippen LogP contribution >= 0.6 is 0 Å². The third-order valence-corrected chi connectivity index (χ3v) is 19.6. The van der Waals surface area contributed by atoms with Gasteiger partial charge in [-0.25, -0.2) is 0 Å². The van der Waals surface area contributed by atoms with Gasteiger partial charge in [0.25, 0.3) is 0 Å². The van der Waals surface area contributed by atoms with Crippen LogP contribution < -0.4 is 0 Å². The smallest absolute Gasteiger partial charge is 0.126 e. The van der Waals surface area contributed by atoms with Crippen LogP contribution in [0.15, 0.2) is 83.7 Å². The van der Waals surface area contributed by atoms with E-state index < -0.39 is 8.07 Å². The Morgan fingerprint density at radius 2 is 1.11 bits per heavy atom. The third kappa shape index (κ3) is 7.29. The van der Waals surface area contributed by atoms with E-state index in [1.54, 1.807) is 11.1 Å². The van der Waals surface area contributed by atoms with Crippen molar-refractivity contribution in [3.8, 4) is 0 Å². The van der Waals surface area contributed by atoms with Crippen molar-refractivity contribution >= 4 is 19.2 Å². The fourth-order valence-corrected chi connectivity index (χ4v) is 18.0. The van der Waals surface area contributed by atoms with Crippen molar-refractivity contribution in [2.24, 2.45) is 46.3 Å². The lowest BCUT2D eigenvalue weighted by atomic mass is 9.71. The summed E-state index contributed by atoms with van der Waals surface area (Å²) in [6.45, 7) is 39.6. The van der Waals surface area contributed by atoms with Gasteiger partial charge in [-0.05, 0) is 120 Å². The van der Waals surface area contributed by atoms with Gasteiger partial charge < -0.3 is 4.74 Å². The van der Waals surface area contributed by atoms with Crippen LogP contribution in [0.25, 0.3) is 11.1 Å². The monoisotopic (exact) mass is 731 g/mol. The van der Waals surface area contributed by atoms with Crippen LogP contribution in [0.4, 0.5) is 0 Å². The lowest BCUT2D eigenvalue weighted by Crippen LogP contribution is -2.46. The number of rotatable bonds is 5. The molecule has 2 saturated carbocycles. The number of fused-ring (bicyclic) bond motifs is 2. The molecular weight excluding hydrogens is 657 g/mol. The molecule has 0 saturated heterocycles. The van der Waals surface area contributed by atoms with Crippen molar-refractivity contribution in [1.82, 2.24) is 0 Å². The SMILES string of the molecule is COC1=C(c2ccccc2)C2CC(C)C([Si](C)(C)C3C(C)CC4C(c5cc(C(C)(C)C)cc(C(C)(C)C)c5)=CC(C(C)(C)C)=CC43)C2C=C1C(C)(C)C. The van der Waals surface area contributed by atoms with Gasteiger partial charge in [0.05, 0.1) is 15.2 Å². The van der Waals surface area contributed by atoms with Crippen molar-refractivity contribution < 1.29 is 4.74 Å². The quantitative estimate of drug-likeness (QED) is 0.278. The van der Waals surface area contributed by atoms with E-state index in [2.05, 4.69) is 177 Å². The molecule has 8 atom stereocenters. The fraction of sp³-hybridized carbons (Fsp3) is 0.608. The van der Waals surface area contributed by atoms with Crippen LogP contribution in [0.3, 0.4) is 0 Å². The summed E-state index contributed by atoms with van der Waals surface area (Å²) < 4.78 is 6.41. The molecule has 0 aliphatic heterocycles. The van der Waals surface area contributed by atoms with Crippen molar-refractivity contribution in [2.45, 2.75) is 145 Å². The molecular formula is C51H74OSi. The zero-order chi connectivity index (χ0) is 39.2. The summed E-state index contributed by atoms with van der Waals surface area (Å²) in [5.41, 5.74) is 13.5. The Morgan fingerprint density at radius 3 is 1.58 bits per heavy atom. The molecule has 4 aliphatic carbocycles. The minimum absolute atomic E-state index is 0.00504. The number of hydrogen-bond acceptors (Lipinski definition) is 1. The standard InChI is InChI=1S/C51H74OSi/c1-31-23-39-38(34-25-35(48(3,4)5)27-36(26-34)49(6,7)8)28-37(50(9,10)11)29-41(39)46(31)53(16,17)47-32(2)24-40-42(47)30-43(51(12,13)14)45(52-15)44(40)33-21-19-18-20-22-33/h18-22,25-32,39-42,46-47H,23-24H2,1-17H3. The zero-order valence-electron chi connectivity index (χ0n) is 36.8. The predicted molar refractivity (Wildman–Crippen MR) is 234 cm³/mol. The fourth-order valence-electron chi connectivity index (χ4n) is 11.7. The Balaban J connectivity index is 1.48. The Kier molecular flexibility index (Phi) is 10.3. The van der Waals surface area contributed by atoms with Gasteiger partial charge in [-0.15, -0.1) is 0 Å². The Bertz CT molecular complexity index is 1790. The first-order chi connectivity index (χ1) is 24.4. The second kappa shape index (κ2) is 13.6. The van der Waals surface area contributed by atoms with Crippen molar-refractivity contribution in [3.05, 3.63) is 106 Å². The largest absolute Gasteiger partial charge is 0.496 e.